The van der Waals surface area contributed by atoms with E-state index < -0.39 is 0 Å². The highest BCUT2D eigenvalue weighted by Gasteiger charge is 2.14. The summed E-state index contributed by atoms with van der Waals surface area (Å²) in [6, 6.07) is 19.6. The molecule has 0 saturated heterocycles. The molecule has 0 bridgehead atoms. The predicted octanol–water partition coefficient (Wildman–Crippen LogP) is 6.46. The van der Waals surface area contributed by atoms with Crippen molar-refractivity contribution in [2.24, 2.45) is 15.2 Å². The summed E-state index contributed by atoms with van der Waals surface area (Å²) in [4.78, 5) is 22.4. The van der Waals surface area contributed by atoms with Crippen molar-refractivity contribution in [1.29, 1.82) is 0 Å². The van der Waals surface area contributed by atoms with E-state index in [9.17, 15) is 4.79 Å². The van der Waals surface area contributed by atoms with Crippen LogP contribution in [0, 0.1) is 13.8 Å². The van der Waals surface area contributed by atoms with Gasteiger partial charge in [-0.2, -0.15) is 4.99 Å². The van der Waals surface area contributed by atoms with Crippen LogP contribution >= 0.6 is 22.7 Å². The van der Waals surface area contributed by atoms with Crippen LogP contribution in [0.4, 0.5) is 15.8 Å². The lowest BCUT2D eigenvalue weighted by molar-refractivity contribution is 0.102. The lowest BCUT2D eigenvalue weighted by Crippen LogP contribution is -2.13. The second kappa shape index (κ2) is 8.64. The van der Waals surface area contributed by atoms with Crippen molar-refractivity contribution in [3.63, 3.8) is 0 Å². The van der Waals surface area contributed by atoms with Crippen molar-refractivity contribution in [2.45, 2.75) is 20.8 Å². The first-order valence-electron chi connectivity index (χ1n) is 9.30. The van der Waals surface area contributed by atoms with Crippen LogP contribution in [0.25, 0.3) is 5.69 Å². The second-order valence-electron chi connectivity index (χ2n) is 6.56. The summed E-state index contributed by atoms with van der Waals surface area (Å²) in [5, 5.41) is 10.1. The molecular weight excluding hydrogens is 414 g/mol. The van der Waals surface area contributed by atoms with Gasteiger partial charge in [0.1, 0.15) is 0 Å². The van der Waals surface area contributed by atoms with Gasteiger partial charge >= 0.3 is 0 Å². The molecule has 2 aromatic carbocycles. The van der Waals surface area contributed by atoms with E-state index >= 15 is 0 Å². The van der Waals surface area contributed by atoms with Gasteiger partial charge in [-0.1, -0.05) is 59.1 Å². The Bertz CT molecular complexity index is 1280. The van der Waals surface area contributed by atoms with Gasteiger partial charge in [0.25, 0.3) is 0 Å². The summed E-state index contributed by atoms with van der Waals surface area (Å²) >= 11 is 2.74. The number of nitrogens with zero attached hydrogens (tertiary/aromatic N) is 5. The highest BCUT2D eigenvalue weighted by molar-refractivity contribution is 7.17. The highest BCUT2D eigenvalue weighted by Crippen LogP contribution is 2.29. The molecule has 2 aromatic heterocycles. The highest BCUT2D eigenvalue weighted by atomic mass is 32.1. The summed E-state index contributed by atoms with van der Waals surface area (Å²) < 4.78 is 2.04. The van der Waals surface area contributed by atoms with Crippen LogP contribution in [0.2, 0.25) is 0 Å². The minimum Gasteiger partial charge on any atom is -0.294 e. The van der Waals surface area contributed by atoms with Gasteiger partial charge in [0.15, 0.2) is 15.6 Å². The number of aryl methyl sites for hydroxylation is 1. The zero-order valence-corrected chi connectivity index (χ0v) is 18.4. The van der Waals surface area contributed by atoms with E-state index in [0.717, 1.165) is 26.9 Å². The minimum absolute atomic E-state index is 0.00194. The number of carbonyl (C=O) groups excluding carboxylic acids is 1. The quantitative estimate of drug-likeness (QED) is 0.267. The lowest BCUT2D eigenvalue weighted by Gasteiger charge is -2.05. The topological polar surface area (TPSA) is 72.0 Å². The first-order valence-corrected chi connectivity index (χ1v) is 10.9. The fraction of sp³-hybridized carbons (Fsp3) is 0.136. The van der Waals surface area contributed by atoms with Gasteiger partial charge in [-0.15, -0.1) is 10.2 Å². The molecule has 0 unspecified atom stereocenters. The fourth-order valence-corrected chi connectivity index (χ4v) is 4.78. The lowest BCUT2D eigenvalue weighted by atomic mass is 10.3. The number of rotatable bonds is 5. The zero-order chi connectivity index (χ0) is 21.1. The van der Waals surface area contributed by atoms with Crippen molar-refractivity contribution in [3.05, 3.63) is 81.7 Å². The molecule has 4 aromatic rings. The maximum absolute atomic E-state index is 11.8. The molecule has 0 aliphatic rings. The van der Waals surface area contributed by atoms with Crippen molar-refractivity contribution in [1.82, 2.24) is 9.55 Å². The summed E-state index contributed by atoms with van der Waals surface area (Å²) in [5.41, 5.74) is 3.41. The first kappa shape index (κ1) is 20.1. The normalized spacial score (nSPS) is 12.0. The van der Waals surface area contributed by atoms with Gasteiger partial charge in [0, 0.05) is 12.6 Å². The van der Waals surface area contributed by atoms with Crippen LogP contribution in [0.3, 0.4) is 0 Å². The van der Waals surface area contributed by atoms with Crippen LogP contribution in [-0.2, 0) is 0 Å². The van der Waals surface area contributed by atoms with Crippen LogP contribution in [0.5, 0.6) is 0 Å². The molecule has 0 saturated carbocycles. The van der Waals surface area contributed by atoms with Crippen molar-refractivity contribution in [2.75, 3.05) is 0 Å². The SMILES string of the molecule is CC(=O)c1sc(/N=c2\sc(N=Nc3ccccc3)c(C)n2-c2ccccc2)nc1C. The second-order valence-corrected chi connectivity index (χ2v) is 8.49. The summed E-state index contributed by atoms with van der Waals surface area (Å²) in [6.07, 6.45) is 0. The van der Waals surface area contributed by atoms with Crippen LogP contribution in [0.1, 0.15) is 28.0 Å². The molecule has 0 spiro atoms. The monoisotopic (exact) mass is 433 g/mol. The summed E-state index contributed by atoms with van der Waals surface area (Å²) in [6.45, 7) is 5.37. The van der Waals surface area contributed by atoms with Gasteiger partial charge in [-0.25, -0.2) is 4.98 Å². The average Bonchev–Trinajstić information content (AvgIpc) is 3.27. The number of ketones is 1. The molecule has 0 N–H and O–H groups in total. The number of carbonyl (C=O) groups is 1. The maximum atomic E-state index is 11.8. The zero-order valence-electron chi connectivity index (χ0n) is 16.7. The number of hydrogen-bond donors (Lipinski definition) is 0. The molecule has 0 aliphatic carbocycles. The number of thiazole rings is 2. The molecule has 150 valence electrons. The smallest absolute Gasteiger partial charge is 0.212 e. The standard InChI is InChI=1S/C22H19N5OS2/c1-14-19(16(3)28)29-21(23-14)24-22-27(18-12-8-5-9-13-18)15(2)20(30-22)26-25-17-10-6-4-7-11-17/h4-13H,1-3H3/b24-22-,26-25?. The molecule has 0 amide bonds. The van der Waals surface area contributed by atoms with E-state index in [1.807, 2.05) is 79.1 Å². The number of azo groups is 1. The molecule has 0 radical (unpaired) electrons. The van der Waals surface area contributed by atoms with Gasteiger partial charge < -0.3 is 0 Å². The maximum Gasteiger partial charge on any atom is 0.212 e. The molecule has 0 atom stereocenters. The van der Waals surface area contributed by atoms with E-state index in [0.29, 0.717) is 15.7 Å². The number of para-hydroxylation sites is 1. The largest absolute Gasteiger partial charge is 0.294 e. The average molecular weight is 434 g/mol. The third kappa shape index (κ3) is 4.19. The predicted molar refractivity (Wildman–Crippen MR) is 121 cm³/mol. The molecule has 4 rings (SSSR count). The van der Waals surface area contributed by atoms with E-state index in [-0.39, 0.29) is 5.78 Å². The Morgan fingerprint density at radius 3 is 2.23 bits per heavy atom. The molecule has 0 aliphatic heterocycles. The van der Waals surface area contributed by atoms with E-state index in [4.69, 9.17) is 4.99 Å². The first-order chi connectivity index (χ1) is 14.5. The van der Waals surface area contributed by atoms with Crippen molar-refractivity contribution >= 4 is 44.3 Å². The van der Waals surface area contributed by atoms with E-state index in [2.05, 4.69) is 15.2 Å². The fourth-order valence-electron chi connectivity index (χ4n) is 2.93. The summed E-state index contributed by atoms with van der Waals surface area (Å²) in [5.74, 6) is 0.00194. The Kier molecular flexibility index (Phi) is 5.78. The van der Waals surface area contributed by atoms with Crippen LogP contribution < -0.4 is 4.80 Å². The Morgan fingerprint density at radius 1 is 0.933 bits per heavy atom. The van der Waals surface area contributed by atoms with Gasteiger partial charge in [0.2, 0.25) is 5.13 Å². The van der Waals surface area contributed by atoms with Gasteiger partial charge in [-0.05, 0) is 38.1 Å². The van der Waals surface area contributed by atoms with Crippen LogP contribution in [0.15, 0.2) is 75.9 Å². The Morgan fingerprint density at radius 2 is 1.60 bits per heavy atom. The minimum atomic E-state index is 0.00194. The van der Waals surface area contributed by atoms with E-state index in [1.165, 1.54) is 22.7 Å². The number of aromatic nitrogens is 2. The van der Waals surface area contributed by atoms with Gasteiger partial charge in [0.05, 0.1) is 22.0 Å². The summed E-state index contributed by atoms with van der Waals surface area (Å²) in [7, 11) is 0. The van der Waals surface area contributed by atoms with Crippen LogP contribution in [-0.4, -0.2) is 15.3 Å². The van der Waals surface area contributed by atoms with Crippen molar-refractivity contribution in [3.8, 4) is 5.69 Å². The third-order valence-corrected chi connectivity index (χ3v) is 6.53. The van der Waals surface area contributed by atoms with Gasteiger partial charge in [-0.3, -0.25) is 9.36 Å². The molecule has 30 heavy (non-hydrogen) atoms. The Hall–Kier alpha value is -3.23. The molecule has 0 fully saturated rings. The molecule has 6 nitrogen and oxygen atoms in total. The Balaban J connectivity index is 1.86. The number of benzene rings is 2. The number of hydrogen-bond acceptors (Lipinski definition) is 7. The molecular formula is C22H19N5OS2. The third-order valence-electron chi connectivity index (χ3n) is 4.35. The van der Waals surface area contributed by atoms with E-state index in [1.54, 1.807) is 6.92 Å². The Labute approximate surface area is 181 Å². The molecule has 2 heterocycles. The molecule has 8 heteroatoms. The van der Waals surface area contributed by atoms with Crippen molar-refractivity contribution < 1.29 is 4.79 Å². The number of Topliss-reactive ketones (excluding diaryl/α,β-unsaturated/α-hetero) is 1.